The van der Waals surface area contributed by atoms with Gasteiger partial charge in [-0.15, -0.1) is 0 Å². The first-order valence-electron chi connectivity index (χ1n) is 5.18. The van der Waals surface area contributed by atoms with Gasteiger partial charge in [-0.3, -0.25) is 0 Å². The number of ether oxygens (including phenoxy) is 1. The average molecular weight is 243 g/mol. The monoisotopic (exact) mass is 243 g/mol. The van der Waals surface area contributed by atoms with Gasteiger partial charge in [-0.25, -0.2) is 4.79 Å². The Labute approximate surface area is 99.2 Å². The number of esters is 1. The quantitative estimate of drug-likeness (QED) is 0.604. The van der Waals surface area contributed by atoms with E-state index in [-0.39, 0.29) is 19.0 Å². The number of methoxy groups -OCH3 is 1. The lowest BCUT2D eigenvalue weighted by Crippen LogP contribution is -2.48. The minimum Gasteiger partial charge on any atom is -0.463 e. The third-order valence-electron chi connectivity index (χ3n) is 2.52. The highest BCUT2D eigenvalue weighted by Crippen LogP contribution is 2.13. The first-order chi connectivity index (χ1) is 8.06. The number of hydrogen-bond acceptors (Lipinski definition) is 6. The van der Waals surface area contributed by atoms with Gasteiger partial charge in [0, 0.05) is 12.1 Å². The Balaban J connectivity index is 2.70. The van der Waals surface area contributed by atoms with Gasteiger partial charge in [0.05, 0.1) is 32.1 Å². The molecule has 1 rings (SSSR count). The molecule has 0 spiro atoms. The smallest absolute Gasteiger partial charge is 0.374 e. The summed E-state index contributed by atoms with van der Waals surface area (Å²) < 4.78 is 9.57. The van der Waals surface area contributed by atoms with E-state index in [4.69, 9.17) is 14.6 Å². The second kappa shape index (κ2) is 5.81. The predicted octanol–water partition coefficient (Wildman–Crippen LogP) is -0.101. The normalized spacial score (nSPS) is 11.5. The molecule has 0 aliphatic carbocycles. The molecule has 0 fully saturated rings. The van der Waals surface area contributed by atoms with Gasteiger partial charge in [0.25, 0.3) is 0 Å². The van der Waals surface area contributed by atoms with Gasteiger partial charge >= 0.3 is 5.97 Å². The fourth-order valence-electron chi connectivity index (χ4n) is 1.22. The number of rotatable bonds is 6. The molecule has 1 heterocycles. The number of carbonyl (C=O) groups excluding carboxylic acids is 1. The summed E-state index contributed by atoms with van der Waals surface area (Å²) in [6.07, 6.45) is 1.39. The van der Waals surface area contributed by atoms with Crippen LogP contribution in [-0.2, 0) is 11.3 Å². The standard InChI is InChI=1S/C11H17NO5/c1-11(6-13,7-14)12-5-8-3-4-17-9(8)10(15)16-2/h3-4,12-14H,5-7H2,1-2H3. The van der Waals surface area contributed by atoms with Crippen LogP contribution < -0.4 is 5.32 Å². The maximum absolute atomic E-state index is 11.3. The largest absolute Gasteiger partial charge is 0.463 e. The van der Waals surface area contributed by atoms with Crippen molar-refractivity contribution < 1.29 is 24.2 Å². The van der Waals surface area contributed by atoms with E-state index in [1.165, 1.54) is 13.4 Å². The van der Waals surface area contributed by atoms with Crippen molar-refractivity contribution in [1.82, 2.24) is 5.32 Å². The Bertz CT molecular complexity index is 370. The van der Waals surface area contributed by atoms with Crippen molar-refractivity contribution in [3.05, 3.63) is 23.7 Å². The van der Waals surface area contributed by atoms with Crippen molar-refractivity contribution in [2.24, 2.45) is 0 Å². The third kappa shape index (κ3) is 3.29. The summed E-state index contributed by atoms with van der Waals surface area (Å²) in [6, 6.07) is 1.63. The van der Waals surface area contributed by atoms with Crippen LogP contribution in [0.15, 0.2) is 16.7 Å². The van der Waals surface area contributed by atoms with Crippen molar-refractivity contribution in [1.29, 1.82) is 0 Å². The molecule has 0 saturated carbocycles. The van der Waals surface area contributed by atoms with Crippen LogP contribution in [0.1, 0.15) is 23.0 Å². The van der Waals surface area contributed by atoms with E-state index in [2.05, 4.69) is 10.1 Å². The van der Waals surface area contributed by atoms with Crippen molar-refractivity contribution in [2.45, 2.75) is 19.0 Å². The Morgan fingerprint density at radius 3 is 2.71 bits per heavy atom. The molecule has 0 aromatic carbocycles. The number of hydrogen-bond donors (Lipinski definition) is 3. The Hall–Kier alpha value is -1.37. The predicted molar refractivity (Wildman–Crippen MR) is 59.5 cm³/mol. The highest BCUT2D eigenvalue weighted by atomic mass is 16.5. The van der Waals surface area contributed by atoms with Crippen LogP contribution in [0.5, 0.6) is 0 Å². The van der Waals surface area contributed by atoms with E-state index >= 15 is 0 Å². The summed E-state index contributed by atoms with van der Waals surface area (Å²) in [7, 11) is 1.27. The molecule has 17 heavy (non-hydrogen) atoms. The first kappa shape index (κ1) is 13.7. The van der Waals surface area contributed by atoms with Crippen LogP contribution in [-0.4, -0.2) is 42.0 Å². The number of furan rings is 1. The molecule has 0 atom stereocenters. The lowest BCUT2D eigenvalue weighted by molar-refractivity contribution is 0.0562. The zero-order valence-electron chi connectivity index (χ0n) is 9.90. The van der Waals surface area contributed by atoms with Crippen molar-refractivity contribution in [2.75, 3.05) is 20.3 Å². The summed E-state index contributed by atoms with van der Waals surface area (Å²) in [5.74, 6) is -0.431. The van der Waals surface area contributed by atoms with Gasteiger partial charge in [0.15, 0.2) is 0 Å². The van der Waals surface area contributed by atoms with Gasteiger partial charge in [0.2, 0.25) is 5.76 Å². The molecular formula is C11H17NO5. The van der Waals surface area contributed by atoms with E-state index in [1.807, 2.05) is 0 Å². The zero-order valence-corrected chi connectivity index (χ0v) is 9.90. The van der Waals surface area contributed by atoms with Gasteiger partial charge < -0.3 is 24.7 Å². The van der Waals surface area contributed by atoms with Gasteiger partial charge in [-0.05, 0) is 13.0 Å². The summed E-state index contributed by atoms with van der Waals surface area (Å²) in [5, 5.41) is 21.2. The number of aliphatic hydroxyl groups excluding tert-OH is 2. The zero-order chi connectivity index (χ0) is 12.9. The molecule has 96 valence electrons. The topological polar surface area (TPSA) is 91.9 Å². The molecule has 3 N–H and O–H groups in total. The molecule has 0 aliphatic heterocycles. The van der Waals surface area contributed by atoms with Crippen LogP contribution in [0.25, 0.3) is 0 Å². The summed E-state index contributed by atoms with van der Waals surface area (Å²) in [5.41, 5.74) is -0.185. The maximum atomic E-state index is 11.3. The molecule has 0 aliphatic rings. The SMILES string of the molecule is COC(=O)c1occc1CNC(C)(CO)CO. The molecule has 0 saturated heterocycles. The molecule has 0 amide bonds. The molecule has 1 aromatic rings. The molecule has 0 bridgehead atoms. The molecule has 6 heteroatoms. The van der Waals surface area contributed by atoms with Gasteiger partial charge in [-0.1, -0.05) is 0 Å². The molecule has 6 nitrogen and oxygen atoms in total. The van der Waals surface area contributed by atoms with Crippen molar-refractivity contribution in [3.63, 3.8) is 0 Å². The summed E-state index contributed by atoms with van der Waals surface area (Å²) >= 11 is 0. The van der Waals surface area contributed by atoms with Crippen LogP contribution in [0.4, 0.5) is 0 Å². The first-order valence-corrected chi connectivity index (χ1v) is 5.18. The van der Waals surface area contributed by atoms with Gasteiger partial charge in [0.1, 0.15) is 0 Å². The van der Waals surface area contributed by atoms with Crippen molar-refractivity contribution in [3.8, 4) is 0 Å². The number of aliphatic hydroxyl groups is 2. The van der Waals surface area contributed by atoms with E-state index < -0.39 is 11.5 Å². The molecule has 0 unspecified atom stereocenters. The fourth-order valence-corrected chi connectivity index (χ4v) is 1.22. The maximum Gasteiger partial charge on any atom is 0.374 e. The Morgan fingerprint density at radius 1 is 1.53 bits per heavy atom. The molecular weight excluding hydrogens is 226 g/mol. The lowest BCUT2D eigenvalue weighted by atomic mass is 10.1. The third-order valence-corrected chi connectivity index (χ3v) is 2.52. The molecule has 0 radical (unpaired) electrons. The minimum atomic E-state index is -0.801. The minimum absolute atomic E-state index is 0.123. The number of nitrogens with one attached hydrogen (secondary N) is 1. The van der Waals surface area contributed by atoms with Crippen LogP contribution in [0, 0.1) is 0 Å². The number of carbonyl (C=O) groups is 1. The van der Waals surface area contributed by atoms with Crippen molar-refractivity contribution >= 4 is 5.97 Å². The fraction of sp³-hybridized carbons (Fsp3) is 0.545. The Kier molecular flexibility index (Phi) is 4.68. The average Bonchev–Trinajstić information content (AvgIpc) is 2.83. The van der Waals surface area contributed by atoms with Gasteiger partial charge in [-0.2, -0.15) is 0 Å². The van der Waals surface area contributed by atoms with Crippen LogP contribution in [0.2, 0.25) is 0 Å². The second-order valence-corrected chi connectivity index (χ2v) is 4.00. The van der Waals surface area contributed by atoms with Crippen LogP contribution in [0.3, 0.4) is 0 Å². The summed E-state index contributed by atoms with van der Waals surface area (Å²) in [4.78, 5) is 11.3. The lowest BCUT2D eigenvalue weighted by Gasteiger charge is -2.26. The van der Waals surface area contributed by atoms with Crippen LogP contribution >= 0.6 is 0 Å². The summed E-state index contributed by atoms with van der Waals surface area (Å²) in [6.45, 7) is 1.53. The molecule has 1 aromatic heterocycles. The highest BCUT2D eigenvalue weighted by Gasteiger charge is 2.23. The van der Waals surface area contributed by atoms with E-state index in [9.17, 15) is 4.79 Å². The van der Waals surface area contributed by atoms with E-state index in [0.717, 1.165) is 0 Å². The van der Waals surface area contributed by atoms with E-state index in [0.29, 0.717) is 12.1 Å². The second-order valence-electron chi connectivity index (χ2n) is 4.00. The Morgan fingerprint density at radius 2 is 2.18 bits per heavy atom. The highest BCUT2D eigenvalue weighted by molar-refractivity contribution is 5.87. The van der Waals surface area contributed by atoms with E-state index in [1.54, 1.807) is 13.0 Å².